The van der Waals surface area contributed by atoms with E-state index in [0.717, 1.165) is 15.7 Å². The van der Waals surface area contributed by atoms with E-state index in [2.05, 4.69) is 136 Å². The molecular weight excluding hydrogens is 466 g/mol. The molecule has 0 bridgehead atoms. The molecule has 1 aromatic heterocycles. The summed E-state index contributed by atoms with van der Waals surface area (Å²) in [5.74, 6) is 0. The molecule has 4 aromatic carbocycles. The standard InChI is InChI=1S/C31H24BrN/c1-3-12-26(29(32)4-2)25-16-9-8-15-24(25)22-19-20-28-27-17-10-11-18-30(27)33(31(28)21-22)23-13-6-5-7-14-23/h3-21H,2H2,1H3/b12-3-,29-26-. The van der Waals surface area contributed by atoms with Gasteiger partial charge in [-0.1, -0.05) is 114 Å². The quantitative estimate of drug-likeness (QED) is 0.216. The fourth-order valence-electron chi connectivity index (χ4n) is 4.54. The lowest BCUT2D eigenvalue weighted by atomic mass is 9.93. The number of hydrogen-bond acceptors (Lipinski definition) is 0. The highest BCUT2D eigenvalue weighted by molar-refractivity contribution is 9.12. The van der Waals surface area contributed by atoms with Gasteiger partial charge in [-0.3, -0.25) is 0 Å². The van der Waals surface area contributed by atoms with Crippen LogP contribution in [0.2, 0.25) is 0 Å². The topological polar surface area (TPSA) is 4.93 Å². The van der Waals surface area contributed by atoms with Crippen LogP contribution in [-0.2, 0) is 0 Å². The maximum Gasteiger partial charge on any atom is 0.0547 e. The van der Waals surface area contributed by atoms with Crippen LogP contribution in [0.4, 0.5) is 0 Å². The van der Waals surface area contributed by atoms with Crippen molar-refractivity contribution in [2.24, 2.45) is 0 Å². The first kappa shape index (κ1) is 21.2. The van der Waals surface area contributed by atoms with E-state index in [1.54, 1.807) is 0 Å². The van der Waals surface area contributed by atoms with Gasteiger partial charge in [0.2, 0.25) is 0 Å². The number of para-hydroxylation sites is 2. The monoisotopic (exact) mass is 489 g/mol. The number of allylic oxidation sites excluding steroid dienone is 5. The van der Waals surface area contributed by atoms with Crippen LogP contribution >= 0.6 is 15.9 Å². The Hall–Kier alpha value is -3.62. The first-order valence-corrected chi connectivity index (χ1v) is 11.9. The summed E-state index contributed by atoms with van der Waals surface area (Å²) in [6.07, 6.45) is 6.04. The zero-order valence-electron chi connectivity index (χ0n) is 18.5. The molecule has 0 fully saturated rings. The zero-order valence-corrected chi connectivity index (χ0v) is 20.1. The predicted octanol–water partition coefficient (Wildman–Crippen LogP) is 9.32. The molecule has 0 N–H and O–H groups in total. The molecule has 1 heterocycles. The Morgan fingerprint density at radius 3 is 2.27 bits per heavy atom. The summed E-state index contributed by atoms with van der Waals surface area (Å²) in [6.45, 7) is 6.00. The average molecular weight is 490 g/mol. The molecule has 33 heavy (non-hydrogen) atoms. The van der Waals surface area contributed by atoms with Gasteiger partial charge in [-0.25, -0.2) is 0 Å². The van der Waals surface area contributed by atoms with Crippen molar-refractivity contribution in [1.29, 1.82) is 0 Å². The molecule has 5 rings (SSSR count). The summed E-state index contributed by atoms with van der Waals surface area (Å²) in [5.41, 5.74) is 8.25. The minimum atomic E-state index is 0.979. The fourth-order valence-corrected chi connectivity index (χ4v) is 4.88. The van der Waals surface area contributed by atoms with Gasteiger partial charge >= 0.3 is 0 Å². The molecule has 0 aliphatic rings. The Kier molecular flexibility index (Phi) is 5.85. The summed E-state index contributed by atoms with van der Waals surface area (Å²) in [6, 6.07) is 34.6. The van der Waals surface area contributed by atoms with Crippen molar-refractivity contribution < 1.29 is 0 Å². The second-order valence-electron chi connectivity index (χ2n) is 7.93. The largest absolute Gasteiger partial charge is 0.309 e. The summed E-state index contributed by atoms with van der Waals surface area (Å²) in [4.78, 5) is 0. The smallest absolute Gasteiger partial charge is 0.0547 e. The number of hydrogen-bond donors (Lipinski definition) is 0. The van der Waals surface area contributed by atoms with Crippen molar-refractivity contribution in [3.63, 3.8) is 0 Å². The summed E-state index contributed by atoms with van der Waals surface area (Å²) >= 11 is 3.70. The first-order chi connectivity index (χ1) is 16.2. The second kappa shape index (κ2) is 9.09. The van der Waals surface area contributed by atoms with Crippen LogP contribution in [0.15, 0.2) is 126 Å². The van der Waals surface area contributed by atoms with E-state index in [1.165, 1.54) is 38.5 Å². The van der Waals surface area contributed by atoms with Crippen LogP contribution in [-0.4, -0.2) is 4.57 Å². The Morgan fingerprint density at radius 2 is 1.48 bits per heavy atom. The van der Waals surface area contributed by atoms with Crippen molar-refractivity contribution >= 4 is 43.3 Å². The van der Waals surface area contributed by atoms with E-state index in [0.29, 0.717) is 0 Å². The highest BCUT2D eigenvalue weighted by Gasteiger charge is 2.15. The van der Waals surface area contributed by atoms with E-state index in [9.17, 15) is 0 Å². The third-order valence-corrected chi connectivity index (χ3v) is 6.74. The van der Waals surface area contributed by atoms with Gasteiger partial charge in [0.05, 0.1) is 11.0 Å². The Morgan fingerprint density at radius 1 is 0.788 bits per heavy atom. The molecule has 2 heteroatoms. The molecule has 0 saturated heterocycles. The van der Waals surface area contributed by atoms with Crippen molar-refractivity contribution in [3.8, 4) is 16.8 Å². The molecule has 160 valence electrons. The number of benzene rings is 4. The predicted molar refractivity (Wildman–Crippen MR) is 147 cm³/mol. The summed E-state index contributed by atoms with van der Waals surface area (Å²) in [7, 11) is 0. The molecule has 1 nitrogen and oxygen atoms in total. The average Bonchev–Trinajstić information content (AvgIpc) is 3.21. The lowest BCUT2D eigenvalue weighted by Crippen LogP contribution is -1.94. The van der Waals surface area contributed by atoms with Crippen molar-refractivity contribution in [2.75, 3.05) is 0 Å². The van der Waals surface area contributed by atoms with Crippen molar-refractivity contribution in [3.05, 3.63) is 132 Å². The minimum absolute atomic E-state index is 0.979. The van der Waals surface area contributed by atoms with Gasteiger partial charge in [-0.2, -0.15) is 0 Å². The van der Waals surface area contributed by atoms with Crippen LogP contribution in [0, 0.1) is 0 Å². The van der Waals surface area contributed by atoms with Gasteiger partial charge < -0.3 is 4.57 Å². The molecule has 0 aliphatic heterocycles. The normalized spacial score (nSPS) is 12.4. The van der Waals surface area contributed by atoms with E-state index in [4.69, 9.17) is 0 Å². The van der Waals surface area contributed by atoms with E-state index in [1.807, 2.05) is 13.0 Å². The van der Waals surface area contributed by atoms with E-state index >= 15 is 0 Å². The van der Waals surface area contributed by atoms with Crippen molar-refractivity contribution in [2.45, 2.75) is 6.92 Å². The molecule has 0 spiro atoms. The maximum atomic E-state index is 3.96. The fraction of sp³-hybridized carbons (Fsp3) is 0.0323. The molecule has 0 saturated carbocycles. The Balaban J connectivity index is 1.81. The molecule has 0 unspecified atom stereocenters. The van der Waals surface area contributed by atoms with Gasteiger partial charge in [-0.15, -0.1) is 0 Å². The first-order valence-electron chi connectivity index (χ1n) is 11.1. The number of aromatic nitrogens is 1. The van der Waals surface area contributed by atoms with Crippen LogP contribution in [0.25, 0.3) is 44.2 Å². The lowest BCUT2D eigenvalue weighted by Gasteiger charge is -2.13. The number of fused-ring (bicyclic) bond motifs is 3. The number of nitrogens with zero attached hydrogens (tertiary/aromatic N) is 1. The lowest BCUT2D eigenvalue weighted by molar-refractivity contribution is 1.18. The number of rotatable bonds is 5. The van der Waals surface area contributed by atoms with Crippen LogP contribution in [0.1, 0.15) is 12.5 Å². The van der Waals surface area contributed by atoms with Gasteiger partial charge in [0, 0.05) is 20.9 Å². The second-order valence-corrected chi connectivity index (χ2v) is 8.79. The van der Waals surface area contributed by atoms with Gasteiger partial charge in [0.1, 0.15) is 0 Å². The highest BCUT2D eigenvalue weighted by Crippen LogP contribution is 2.38. The van der Waals surface area contributed by atoms with Crippen LogP contribution in [0.3, 0.4) is 0 Å². The summed E-state index contributed by atoms with van der Waals surface area (Å²) < 4.78 is 3.34. The summed E-state index contributed by atoms with van der Waals surface area (Å²) in [5, 5.41) is 2.52. The van der Waals surface area contributed by atoms with E-state index < -0.39 is 0 Å². The van der Waals surface area contributed by atoms with Gasteiger partial charge in [0.25, 0.3) is 0 Å². The SMILES string of the molecule is C=C/C(Br)=C(\C=C/C)c1ccccc1-c1ccc2c3ccccc3n(-c3ccccc3)c2c1. The highest BCUT2D eigenvalue weighted by atomic mass is 79.9. The van der Waals surface area contributed by atoms with Crippen molar-refractivity contribution in [1.82, 2.24) is 4.57 Å². The van der Waals surface area contributed by atoms with Gasteiger partial charge in [-0.05, 0) is 53.5 Å². The zero-order chi connectivity index (χ0) is 22.8. The number of halogens is 1. The third-order valence-electron chi connectivity index (χ3n) is 5.99. The Labute approximate surface area is 203 Å². The molecule has 0 aliphatic carbocycles. The molecule has 0 amide bonds. The Bertz CT molecular complexity index is 1530. The molecule has 5 aromatic rings. The molecule has 0 radical (unpaired) electrons. The van der Waals surface area contributed by atoms with E-state index in [-0.39, 0.29) is 0 Å². The molecular formula is C31H24BrN. The maximum absolute atomic E-state index is 3.96. The van der Waals surface area contributed by atoms with Crippen LogP contribution < -0.4 is 0 Å². The minimum Gasteiger partial charge on any atom is -0.309 e. The molecule has 0 atom stereocenters. The third kappa shape index (κ3) is 3.77. The van der Waals surface area contributed by atoms with Gasteiger partial charge in [0.15, 0.2) is 0 Å². The van der Waals surface area contributed by atoms with Crippen LogP contribution in [0.5, 0.6) is 0 Å².